The van der Waals surface area contributed by atoms with Gasteiger partial charge in [0.2, 0.25) is 10.0 Å². The summed E-state index contributed by atoms with van der Waals surface area (Å²) in [6, 6.07) is 8.63. The van der Waals surface area contributed by atoms with E-state index in [-0.39, 0.29) is 4.88 Å². The summed E-state index contributed by atoms with van der Waals surface area (Å²) >= 11 is 0.732. The number of benzene rings is 1. The van der Waals surface area contributed by atoms with Gasteiger partial charge in [-0.25, -0.2) is 8.42 Å². The number of sulfonamides is 1. The van der Waals surface area contributed by atoms with E-state index in [1.54, 1.807) is 12.1 Å². The first-order valence-electron chi connectivity index (χ1n) is 5.86. The second kappa shape index (κ2) is 5.73. The van der Waals surface area contributed by atoms with Crippen molar-refractivity contribution in [3.8, 4) is 10.4 Å². The minimum absolute atomic E-state index is 0.342. The van der Waals surface area contributed by atoms with Crippen LogP contribution in [0.1, 0.15) is 9.67 Å². The Morgan fingerprint density at radius 1 is 1.09 bits per heavy atom. The molecule has 118 valence electrons. The molecule has 4 nitrogen and oxygen atoms in total. The molecule has 22 heavy (non-hydrogen) atoms. The highest BCUT2D eigenvalue weighted by Gasteiger charge is 2.40. The first kappa shape index (κ1) is 16.5. The molecule has 0 atom stereocenters. The van der Waals surface area contributed by atoms with Crippen molar-refractivity contribution in [3.63, 3.8) is 0 Å². The Bertz CT molecular complexity index is 793. The maximum absolute atomic E-state index is 12.3. The van der Waals surface area contributed by atoms with E-state index >= 15 is 0 Å². The predicted octanol–water partition coefficient (Wildman–Crippen LogP) is 3.53. The van der Waals surface area contributed by atoms with Crippen LogP contribution in [0.2, 0.25) is 0 Å². The van der Waals surface area contributed by atoms with Crippen molar-refractivity contribution in [1.82, 2.24) is 0 Å². The lowest BCUT2D eigenvalue weighted by molar-refractivity contribution is -0.0882. The summed E-state index contributed by atoms with van der Waals surface area (Å²) < 4.78 is 61.5. The molecule has 1 N–H and O–H groups in total. The maximum atomic E-state index is 12.3. The Hall–Kier alpha value is -1.87. The lowest BCUT2D eigenvalue weighted by Gasteiger charge is -2.04. The van der Waals surface area contributed by atoms with Gasteiger partial charge in [-0.2, -0.15) is 13.2 Å². The van der Waals surface area contributed by atoms with Crippen LogP contribution >= 0.6 is 11.3 Å². The van der Waals surface area contributed by atoms with Crippen LogP contribution in [0.5, 0.6) is 0 Å². The summed E-state index contributed by atoms with van der Waals surface area (Å²) in [6.45, 7) is 0. The van der Waals surface area contributed by atoms with Crippen LogP contribution in [0.25, 0.3) is 10.4 Å². The fourth-order valence-electron chi connectivity index (χ4n) is 1.67. The Morgan fingerprint density at radius 3 is 2.18 bits per heavy atom. The summed E-state index contributed by atoms with van der Waals surface area (Å²) in [5.41, 5.74) is 0.930. The van der Waals surface area contributed by atoms with Gasteiger partial charge in [0, 0.05) is 10.6 Å². The Balaban J connectivity index is 2.23. The number of carbonyl (C=O) groups is 1. The fraction of sp³-hybridized carbons (Fsp3) is 0.154. The summed E-state index contributed by atoms with van der Waals surface area (Å²) in [5, 5.41) is 0. The molecule has 0 aliphatic heterocycles. The van der Waals surface area contributed by atoms with Gasteiger partial charge in [0.1, 0.15) is 0 Å². The van der Waals surface area contributed by atoms with Crippen LogP contribution in [0.3, 0.4) is 0 Å². The number of anilines is 1. The van der Waals surface area contributed by atoms with E-state index < -0.39 is 22.0 Å². The quantitative estimate of drug-likeness (QED) is 0.859. The van der Waals surface area contributed by atoms with E-state index in [4.69, 9.17) is 0 Å². The first-order valence-corrected chi connectivity index (χ1v) is 8.56. The summed E-state index contributed by atoms with van der Waals surface area (Å²) in [6.07, 6.45) is -3.89. The lowest BCUT2D eigenvalue weighted by Crippen LogP contribution is -2.21. The predicted molar refractivity (Wildman–Crippen MR) is 78.6 cm³/mol. The Kier molecular flexibility index (Phi) is 4.30. The molecule has 0 fully saturated rings. The van der Waals surface area contributed by atoms with Crippen LogP contribution in [0.15, 0.2) is 36.4 Å². The summed E-state index contributed by atoms with van der Waals surface area (Å²) in [4.78, 5) is 11.2. The summed E-state index contributed by atoms with van der Waals surface area (Å²) in [7, 11) is -3.40. The van der Waals surface area contributed by atoms with E-state index in [1.165, 1.54) is 18.2 Å². The normalized spacial score (nSPS) is 12.2. The number of Topliss-reactive ketones (excluding diaryl/α,β-unsaturated/α-hetero) is 1. The SMILES string of the molecule is CS(=O)(=O)Nc1ccc(-c2ccc(C(=O)C(F)(F)F)s2)cc1. The van der Waals surface area contributed by atoms with E-state index in [1.807, 2.05) is 0 Å². The van der Waals surface area contributed by atoms with E-state index in [2.05, 4.69) is 4.72 Å². The zero-order chi connectivity index (χ0) is 16.5. The van der Waals surface area contributed by atoms with Gasteiger partial charge in [-0.15, -0.1) is 11.3 Å². The van der Waals surface area contributed by atoms with Gasteiger partial charge < -0.3 is 0 Å². The van der Waals surface area contributed by atoms with Gasteiger partial charge in [-0.3, -0.25) is 9.52 Å². The van der Waals surface area contributed by atoms with E-state index in [0.717, 1.165) is 23.7 Å². The Morgan fingerprint density at radius 2 is 1.68 bits per heavy atom. The van der Waals surface area contributed by atoms with Gasteiger partial charge >= 0.3 is 6.18 Å². The van der Waals surface area contributed by atoms with Crippen molar-refractivity contribution in [2.45, 2.75) is 6.18 Å². The molecule has 1 aromatic carbocycles. The first-order chi connectivity index (χ1) is 10.1. The zero-order valence-corrected chi connectivity index (χ0v) is 12.8. The standard InChI is InChI=1S/C13H10F3NO3S2/c1-22(19,20)17-9-4-2-8(3-5-9)10-6-7-11(21-10)12(18)13(14,15)16/h2-7,17H,1H3. The van der Waals surface area contributed by atoms with E-state index in [0.29, 0.717) is 16.1 Å². The van der Waals surface area contributed by atoms with Crippen molar-refractivity contribution >= 4 is 32.8 Å². The third-order valence-electron chi connectivity index (χ3n) is 2.56. The molecule has 0 bridgehead atoms. The minimum Gasteiger partial charge on any atom is -0.284 e. The number of nitrogens with one attached hydrogen (secondary N) is 1. The lowest BCUT2D eigenvalue weighted by atomic mass is 10.2. The molecule has 1 heterocycles. The zero-order valence-electron chi connectivity index (χ0n) is 11.1. The van der Waals surface area contributed by atoms with Crippen LogP contribution in [0.4, 0.5) is 18.9 Å². The van der Waals surface area contributed by atoms with Crippen LogP contribution in [0, 0.1) is 0 Å². The number of hydrogen-bond donors (Lipinski definition) is 1. The van der Waals surface area contributed by atoms with Gasteiger partial charge in [-0.1, -0.05) is 12.1 Å². The third-order valence-corrected chi connectivity index (χ3v) is 4.30. The van der Waals surface area contributed by atoms with Gasteiger partial charge in [0.15, 0.2) is 0 Å². The number of hydrogen-bond acceptors (Lipinski definition) is 4. The maximum Gasteiger partial charge on any atom is 0.455 e. The number of carbonyl (C=O) groups excluding carboxylic acids is 1. The molecular formula is C13H10F3NO3S2. The van der Waals surface area contributed by atoms with Crippen molar-refractivity contribution in [2.75, 3.05) is 11.0 Å². The molecule has 9 heteroatoms. The molecule has 0 saturated carbocycles. The Labute approximate surface area is 128 Å². The highest BCUT2D eigenvalue weighted by Crippen LogP contribution is 2.32. The highest BCUT2D eigenvalue weighted by molar-refractivity contribution is 7.92. The number of thiophene rings is 1. The van der Waals surface area contributed by atoms with Crippen molar-refractivity contribution in [3.05, 3.63) is 41.3 Å². The fourth-order valence-corrected chi connectivity index (χ4v) is 3.21. The molecule has 0 spiro atoms. The van der Waals surface area contributed by atoms with Crippen molar-refractivity contribution in [1.29, 1.82) is 0 Å². The number of alkyl halides is 3. The molecule has 0 amide bonds. The van der Waals surface area contributed by atoms with Crippen molar-refractivity contribution in [2.24, 2.45) is 0 Å². The molecule has 2 aromatic rings. The molecule has 0 unspecified atom stereocenters. The number of ketones is 1. The molecule has 2 rings (SSSR count). The highest BCUT2D eigenvalue weighted by atomic mass is 32.2. The van der Waals surface area contributed by atoms with Gasteiger partial charge in [0.05, 0.1) is 11.1 Å². The number of rotatable bonds is 4. The van der Waals surface area contributed by atoms with Crippen LogP contribution in [-0.2, 0) is 10.0 Å². The third kappa shape index (κ3) is 4.08. The summed E-state index contributed by atoms with van der Waals surface area (Å²) in [5.74, 6) is -1.88. The average Bonchev–Trinajstić information content (AvgIpc) is 2.85. The average molecular weight is 349 g/mol. The van der Waals surface area contributed by atoms with Crippen LogP contribution in [-0.4, -0.2) is 26.6 Å². The molecule has 0 radical (unpaired) electrons. The smallest absolute Gasteiger partial charge is 0.284 e. The molecular weight excluding hydrogens is 339 g/mol. The minimum atomic E-state index is -4.90. The molecule has 0 aliphatic rings. The van der Waals surface area contributed by atoms with Gasteiger partial charge in [-0.05, 0) is 29.8 Å². The molecule has 0 aliphatic carbocycles. The molecule has 0 saturated heterocycles. The largest absolute Gasteiger partial charge is 0.455 e. The topological polar surface area (TPSA) is 63.2 Å². The second-order valence-electron chi connectivity index (χ2n) is 4.44. The molecule has 1 aromatic heterocycles. The second-order valence-corrected chi connectivity index (χ2v) is 7.27. The van der Waals surface area contributed by atoms with Gasteiger partial charge in [0.25, 0.3) is 5.78 Å². The number of halogens is 3. The van der Waals surface area contributed by atoms with Crippen molar-refractivity contribution < 1.29 is 26.4 Å². The monoisotopic (exact) mass is 349 g/mol. The van der Waals surface area contributed by atoms with Crippen LogP contribution < -0.4 is 4.72 Å². The van der Waals surface area contributed by atoms with E-state index in [9.17, 15) is 26.4 Å².